The Kier molecular flexibility index (Phi) is 4.51. The van der Waals surface area contributed by atoms with Gasteiger partial charge in [0, 0.05) is 25.0 Å². The standard InChI is InChI=1S/C15H20N2O3S/c1-11-4-6-13(7-5-11)12(2)16-21(19,20)15-8-14(10-18)17(3)9-15/h4-9,12,16,18H,10H2,1-3H3. The highest BCUT2D eigenvalue weighted by Crippen LogP contribution is 2.19. The van der Waals surface area contributed by atoms with Gasteiger partial charge in [0.25, 0.3) is 0 Å². The van der Waals surface area contributed by atoms with Crippen LogP contribution in [0, 0.1) is 6.92 Å². The minimum atomic E-state index is -3.61. The number of benzene rings is 1. The van der Waals surface area contributed by atoms with E-state index < -0.39 is 10.0 Å². The molecule has 5 nitrogen and oxygen atoms in total. The van der Waals surface area contributed by atoms with Gasteiger partial charge in [-0.05, 0) is 25.5 Å². The molecule has 0 saturated carbocycles. The van der Waals surface area contributed by atoms with Gasteiger partial charge in [0.2, 0.25) is 10.0 Å². The number of aliphatic hydroxyl groups is 1. The molecule has 2 rings (SSSR count). The minimum absolute atomic E-state index is 0.160. The van der Waals surface area contributed by atoms with Crippen molar-refractivity contribution in [2.45, 2.75) is 31.4 Å². The lowest BCUT2D eigenvalue weighted by Gasteiger charge is -2.14. The van der Waals surface area contributed by atoms with E-state index in [4.69, 9.17) is 5.11 Å². The lowest BCUT2D eigenvalue weighted by atomic mass is 10.1. The summed E-state index contributed by atoms with van der Waals surface area (Å²) in [5.74, 6) is 0. The molecule has 0 amide bonds. The molecule has 0 aliphatic rings. The predicted molar refractivity (Wildman–Crippen MR) is 81.3 cm³/mol. The molecule has 1 unspecified atom stereocenters. The molecule has 0 spiro atoms. The zero-order valence-electron chi connectivity index (χ0n) is 12.4. The second-order valence-corrected chi connectivity index (χ2v) is 6.90. The van der Waals surface area contributed by atoms with E-state index in [1.165, 1.54) is 12.3 Å². The van der Waals surface area contributed by atoms with E-state index in [-0.39, 0.29) is 17.5 Å². The number of aryl methyl sites for hydroxylation is 2. The Balaban J connectivity index is 2.22. The van der Waals surface area contributed by atoms with Gasteiger partial charge in [-0.15, -0.1) is 0 Å². The van der Waals surface area contributed by atoms with Crippen molar-refractivity contribution >= 4 is 10.0 Å². The summed E-state index contributed by atoms with van der Waals surface area (Å²) < 4.78 is 29.0. The zero-order chi connectivity index (χ0) is 15.6. The Hall–Kier alpha value is -1.63. The second kappa shape index (κ2) is 6.01. The van der Waals surface area contributed by atoms with Crippen LogP contribution in [0.15, 0.2) is 41.4 Å². The van der Waals surface area contributed by atoms with Crippen molar-refractivity contribution in [1.29, 1.82) is 0 Å². The van der Waals surface area contributed by atoms with E-state index in [1.54, 1.807) is 18.5 Å². The van der Waals surface area contributed by atoms with Crippen LogP contribution in [-0.2, 0) is 23.7 Å². The first kappa shape index (κ1) is 15.8. The number of rotatable bonds is 5. The third kappa shape index (κ3) is 3.53. The van der Waals surface area contributed by atoms with Crippen LogP contribution >= 0.6 is 0 Å². The third-order valence-corrected chi connectivity index (χ3v) is 4.97. The van der Waals surface area contributed by atoms with Crippen molar-refractivity contribution in [3.63, 3.8) is 0 Å². The molecule has 2 N–H and O–H groups in total. The summed E-state index contributed by atoms with van der Waals surface area (Å²) in [4.78, 5) is 0.160. The van der Waals surface area contributed by atoms with E-state index >= 15 is 0 Å². The first-order valence-electron chi connectivity index (χ1n) is 6.68. The fourth-order valence-electron chi connectivity index (χ4n) is 2.11. The number of hydrogen-bond acceptors (Lipinski definition) is 3. The average molecular weight is 308 g/mol. The third-order valence-electron chi connectivity index (χ3n) is 3.46. The van der Waals surface area contributed by atoms with Crippen LogP contribution in [0.3, 0.4) is 0 Å². The van der Waals surface area contributed by atoms with E-state index in [0.29, 0.717) is 5.69 Å². The van der Waals surface area contributed by atoms with E-state index in [0.717, 1.165) is 11.1 Å². The zero-order valence-corrected chi connectivity index (χ0v) is 13.2. The summed E-state index contributed by atoms with van der Waals surface area (Å²) in [5.41, 5.74) is 2.59. The summed E-state index contributed by atoms with van der Waals surface area (Å²) in [6.07, 6.45) is 1.50. The van der Waals surface area contributed by atoms with Gasteiger partial charge in [-0.2, -0.15) is 0 Å². The van der Waals surface area contributed by atoms with Crippen LogP contribution < -0.4 is 4.72 Å². The van der Waals surface area contributed by atoms with Crippen molar-refractivity contribution in [2.75, 3.05) is 0 Å². The Morgan fingerprint density at radius 3 is 2.43 bits per heavy atom. The summed E-state index contributed by atoms with van der Waals surface area (Å²) in [6, 6.07) is 8.87. The topological polar surface area (TPSA) is 71.3 Å². The van der Waals surface area contributed by atoms with Gasteiger partial charge in [-0.25, -0.2) is 13.1 Å². The number of aliphatic hydroxyl groups excluding tert-OH is 1. The molecule has 2 aromatic rings. The summed E-state index contributed by atoms with van der Waals surface area (Å²) in [6.45, 7) is 3.59. The van der Waals surface area contributed by atoms with Crippen molar-refractivity contribution in [1.82, 2.24) is 9.29 Å². The van der Waals surface area contributed by atoms with E-state index in [9.17, 15) is 8.42 Å². The summed E-state index contributed by atoms with van der Waals surface area (Å²) in [5, 5.41) is 9.15. The first-order chi connectivity index (χ1) is 9.83. The van der Waals surface area contributed by atoms with Crippen LogP contribution in [-0.4, -0.2) is 18.1 Å². The summed E-state index contributed by atoms with van der Waals surface area (Å²) >= 11 is 0. The fourth-order valence-corrected chi connectivity index (χ4v) is 3.43. The number of nitrogens with one attached hydrogen (secondary N) is 1. The molecule has 0 aliphatic carbocycles. The van der Waals surface area contributed by atoms with Crippen molar-refractivity contribution in [3.8, 4) is 0 Å². The maximum Gasteiger partial charge on any atom is 0.242 e. The van der Waals surface area contributed by atoms with Crippen LogP contribution in [0.1, 0.15) is 29.8 Å². The van der Waals surface area contributed by atoms with Gasteiger partial charge in [0.1, 0.15) is 0 Å². The molecule has 0 fully saturated rings. The van der Waals surface area contributed by atoms with Crippen LogP contribution in [0.25, 0.3) is 0 Å². The normalized spacial score (nSPS) is 13.3. The number of sulfonamides is 1. The highest BCUT2D eigenvalue weighted by molar-refractivity contribution is 7.89. The van der Waals surface area contributed by atoms with Gasteiger partial charge in [-0.3, -0.25) is 0 Å². The van der Waals surface area contributed by atoms with Crippen LogP contribution in [0.5, 0.6) is 0 Å². The van der Waals surface area contributed by atoms with Gasteiger partial charge in [-0.1, -0.05) is 29.8 Å². The van der Waals surface area contributed by atoms with Gasteiger partial charge >= 0.3 is 0 Å². The lowest BCUT2D eigenvalue weighted by Crippen LogP contribution is -2.26. The molecule has 21 heavy (non-hydrogen) atoms. The fraction of sp³-hybridized carbons (Fsp3) is 0.333. The Morgan fingerprint density at radius 2 is 1.90 bits per heavy atom. The van der Waals surface area contributed by atoms with E-state index in [2.05, 4.69) is 4.72 Å². The molecular formula is C15H20N2O3S. The molecule has 6 heteroatoms. The number of hydrogen-bond donors (Lipinski definition) is 2. The van der Waals surface area contributed by atoms with Crippen LogP contribution in [0.2, 0.25) is 0 Å². The number of aromatic nitrogens is 1. The van der Waals surface area contributed by atoms with Gasteiger partial charge < -0.3 is 9.67 Å². The first-order valence-corrected chi connectivity index (χ1v) is 8.17. The average Bonchev–Trinajstić information content (AvgIpc) is 2.81. The largest absolute Gasteiger partial charge is 0.390 e. The molecule has 0 saturated heterocycles. The molecule has 0 radical (unpaired) electrons. The molecule has 0 bridgehead atoms. The minimum Gasteiger partial charge on any atom is -0.390 e. The quantitative estimate of drug-likeness (QED) is 0.886. The van der Waals surface area contributed by atoms with Crippen molar-refractivity contribution < 1.29 is 13.5 Å². The van der Waals surface area contributed by atoms with E-state index in [1.807, 2.05) is 31.2 Å². The number of nitrogens with zero attached hydrogens (tertiary/aromatic N) is 1. The SMILES string of the molecule is Cc1ccc(C(C)NS(=O)(=O)c2cc(CO)n(C)c2)cc1. The lowest BCUT2D eigenvalue weighted by molar-refractivity contribution is 0.272. The molecule has 1 aromatic heterocycles. The van der Waals surface area contributed by atoms with Crippen LogP contribution in [0.4, 0.5) is 0 Å². The predicted octanol–water partition coefficient (Wildman–Crippen LogP) is 1.87. The molecule has 1 aromatic carbocycles. The molecule has 1 atom stereocenters. The monoisotopic (exact) mass is 308 g/mol. The maximum atomic E-state index is 12.4. The summed E-state index contributed by atoms with van der Waals surface area (Å²) in [7, 11) is -1.91. The molecule has 114 valence electrons. The van der Waals surface area contributed by atoms with Gasteiger partial charge in [0.15, 0.2) is 0 Å². The van der Waals surface area contributed by atoms with Gasteiger partial charge in [0.05, 0.1) is 11.5 Å². The Bertz CT molecular complexity index is 718. The van der Waals surface area contributed by atoms with Crippen molar-refractivity contribution in [3.05, 3.63) is 53.3 Å². The highest BCUT2D eigenvalue weighted by atomic mass is 32.2. The Labute approximate surface area is 125 Å². The highest BCUT2D eigenvalue weighted by Gasteiger charge is 2.20. The maximum absolute atomic E-state index is 12.4. The second-order valence-electron chi connectivity index (χ2n) is 5.19. The molecule has 0 aliphatic heterocycles. The molecular weight excluding hydrogens is 288 g/mol. The Morgan fingerprint density at radius 1 is 1.29 bits per heavy atom. The molecule has 1 heterocycles. The smallest absolute Gasteiger partial charge is 0.242 e. The van der Waals surface area contributed by atoms with Crippen molar-refractivity contribution in [2.24, 2.45) is 7.05 Å².